The molecule has 0 saturated carbocycles. The zero-order chi connectivity index (χ0) is 78.1. The number of nitrogen functional groups attached to an aromatic ring is 1. The Balaban J connectivity index is 0.000000111. The minimum Gasteiger partial charge on any atom is -0.394 e. The van der Waals surface area contributed by atoms with Crippen LogP contribution in [0.15, 0.2) is 118 Å². The highest BCUT2D eigenvalue weighted by atomic mass is 32.2. The standard InChI is InChI=1S/C23H23N7O7S.C15H18N6O6S.C15H17N5O4.C13H17N5O4/c31-17(6-5-13-9-25-15-4-2-1-3-14(13)15)28-38(34,35)36-10-16-19(32)20(33)23(37-16)30-12-26-18-21-24-7-8-29(21)11-27-22(18)30;1-15(2)26-10-8(5-24-28(16,22)23)25-14(11(10)27-15)21-7-18-9-12-17-3-4-20(12)6-19-13(9)21;1-15(2)23-10-8(5-21)22-14(11(10)24-15)20-7-17-9-12-16-3-4-19(12)6-18-13(9)20;1-13(2)21-8-6(3-19)20-12(9(8)22-13)18-5-17-7-10(14)15-4-16-11(7)18/h1-4,7-9,11-12,16,19-20,23,25,32-33H,5-6,10H2,(H,28,31);3-4,6-8,10-11,14H,5H2,1-2H3,(H2,16,22,23);3-4,6-8,10-11,14,21H,5H2,1-2H3;4-6,8-9,12,19H,3H2,1-2H3,(H2,14,15,16)/t16-,19+,20?,23-;2*8-,10+,11?,14-;6-,8+,9?,12-/m1111/s1. The first kappa shape index (κ1) is 74.8. The van der Waals surface area contributed by atoms with Crippen molar-refractivity contribution in [2.24, 2.45) is 5.14 Å². The molecule has 0 spiro atoms. The topological polar surface area (TPSA) is 545 Å². The second kappa shape index (κ2) is 28.6. The average molecular weight is 1590 g/mol. The predicted octanol–water partition coefficient (Wildman–Crippen LogP) is 0.214. The van der Waals surface area contributed by atoms with Crippen molar-refractivity contribution in [1.29, 1.82) is 0 Å². The van der Waals surface area contributed by atoms with Crippen LogP contribution in [0, 0.1) is 0 Å². The molecule has 112 heavy (non-hydrogen) atoms. The predicted molar refractivity (Wildman–Crippen MR) is 381 cm³/mol. The van der Waals surface area contributed by atoms with E-state index in [-0.39, 0.29) is 50.7 Å². The molecule has 10 N–H and O–H groups in total. The summed E-state index contributed by atoms with van der Waals surface area (Å²) >= 11 is 0. The lowest BCUT2D eigenvalue weighted by atomic mass is 10.1. The number of aryl methyl sites for hydroxylation is 1. The fourth-order valence-corrected chi connectivity index (χ4v) is 16.0. The number of fused-ring (bicyclic) bond motifs is 14. The summed E-state index contributed by atoms with van der Waals surface area (Å²) in [5.41, 5.74) is 13.9. The van der Waals surface area contributed by atoms with Crippen molar-refractivity contribution in [3.63, 3.8) is 0 Å². The number of benzene rings is 1. The van der Waals surface area contributed by atoms with Crippen LogP contribution in [0.2, 0.25) is 0 Å². The van der Waals surface area contributed by atoms with E-state index >= 15 is 0 Å². The second-order valence-electron chi connectivity index (χ2n) is 28.5. The van der Waals surface area contributed by atoms with Crippen LogP contribution in [0.25, 0.3) is 72.5 Å². The Kier molecular flexibility index (Phi) is 19.1. The molecule has 13 aromatic rings. The molecule has 0 radical (unpaired) electrons. The normalized spacial score (nSPS) is 28.3. The molecule has 0 bridgehead atoms. The molecular weight excluding hydrogens is 1510 g/mol. The Morgan fingerprint density at radius 3 is 1.41 bits per heavy atom. The van der Waals surface area contributed by atoms with Crippen LogP contribution in [-0.4, -0.2) is 256 Å². The van der Waals surface area contributed by atoms with Gasteiger partial charge in [-0.15, -0.1) is 0 Å². The number of hydrogen-bond acceptors (Lipinski definition) is 34. The molecular formula is C66H75N23O21S2. The Morgan fingerprint density at radius 2 is 0.929 bits per heavy atom. The van der Waals surface area contributed by atoms with Crippen LogP contribution in [-0.2, 0) is 87.6 Å². The van der Waals surface area contributed by atoms with E-state index in [1.165, 1.54) is 23.5 Å². The van der Waals surface area contributed by atoms with Crippen LogP contribution < -0.4 is 15.6 Å². The van der Waals surface area contributed by atoms with Gasteiger partial charge in [-0.2, -0.15) is 16.8 Å². The summed E-state index contributed by atoms with van der Waals surface area (Å²) in [7, 11) is -8.60. The molecule has 592 valence electrons. The minimum atomic E-state index is -4.49. The summed E-state index contributed by atoms with van der Waals surface area (Å²) in [6.07, 6.45) is 13.9. The van der Waals surface area contributed by atoms with Crippen molar-refractivity contribution in [2.75, 3.05) is 32.2 Å². The smallest absolute Gasteiger partial charge is 0.362 e. The van der Waals surface area contributed by atoms with Gasteiger partial charge in [-0.05, 0) is 59.6 Å². The maximum absolute atomic E-state index is 12.3. The number of carbonyl (C=O) groups is 1. The van der Waals surface area contributed by atoms with Crippen LogP contribution in [0.5, 0.6) is 0 Å². The number of carbonyl (C=O) groups excluding carboxylic acids is 1. The number of nitrogens with two attached hydrogens (primary N) is 2. The highest BCUT2D eigenvalue weighted by molar-refractivity contribution is 7.85. The SMILES string of the molecule is CC1(C)OC2[C@@H](O1)[C@@H](CO)O[C@H]2n1cnc2c(N)ncnc21.CC1(C)OC2[C@@H](O1)[C@@H](CO)O[C@H]2n1cnc2c1ncn1ccnc21.CC1(C)OC2[C@@H](O1)[C@@H](COS(N)(=O)=O)O[C@H]2n1cnc2c1ncn1ccnc21.O=C(CCc1c[nH]c2ccccc12)NS(=O)(=O)OC[C@H]1O[C@@H](n2cnc3c2ncn2ccnc32)C(O)[C@H]1O. The van der Waals surface area contributed by atoms with E-state index in [1.807, 2.05) is 71.8 Å². The third kappa shape index (κ3) is 14.0. The van der Waals surface area contributed by atoms with E-state index in [4.69, 9.17) is 66.6 Å². The third-order valence-electron chi connectivity index (χ3n) is 19.7. The van der Waals surface area contributed by atoms with Gasteiger partial charge in [-0.3, -0.25) is 44.6 Å². The van der Waals surface area contributed by atoms with Crippen molar-refractivity contribution in [1.82, 2.24) is 101 Å². The van der Waals surface area contributed by atoms with Gasteiger partial charge in [-0.1, -0.05) is 18.2 Å². The minimum absolute atomic E-state index is 0.0850. The van der Waals surface area contributed by atoms with E-state index in [1.54, 1.807) is 101 Å². The molecule has 16 atom stereocenters. The lowest BCUT2D eigenvalue weighted by molar-refractivity contribution is -0.200. The van der Waals surface area contributed by atoms with Gasteiger partial charge >= 0.3 is 20.6 Å². The number of nitrogens with zero attached hydrogens (tertiary/aromatic N) is 19. The summed E-state index contributed by atoms with van der Waals surface area (Å²) in [5, 5.41) is 46.1. The van der Waals surface area contributed by atoms with Gasteiger partial charge in [0.1, 0.15) is 104 Å². The van der Waals surface area contributed by atoms with Gasteiger partial charge in [0.25, 0.3) is 0 Å². The van der Waals surface area contributed by atoms with Gasteiger partial charge in [0.2, 0.25) is 5.91 Å². The Bertz CT molecular complexity index is 5920. The molecule has 1 amide bonds. The number of nitrogens with one attached hydrogen (secondary N) is 2. The largest absolute Gasteiger partial charge is 0.394 e. The Labute approximate surface area is 631 Å². The third-order valence-corrected chi connectivity index (χ3v) is 21.1. The highest BCUT2D eigenvalue weighted by Gasteiger charge is 2.59. The van der Waals surface area contributed by atoms with E-state index in [9.17, 15) is 42.1 Å². The van der Waals surface area contributed by atoms with Crippen molar-refractivity contribution >= 4 is 105 Å². The van der Waals surface area contributed by atoms with Crippen LogP contribution >= 0.6 is 0 Å². The van der Waals surface area contributed by atoms with Gasteiger partial charge in [0.05, 0.1) is 51.7 Å². The molecule has 7 aliphatic heterocycles. The van der Waals surface area contributed by atoms with Crippen LogP contribution in [0.4, 0.5) is 5.82 Å². The summed E-state index contributed by atoms with van der Waals surface area (Å²) < 4.78 is 130. The second-order valence-corrected chi connectivity index (χ2v) is 31.0. The highest BCUT2D eigenvalue weighted by Crippen LogP contribution is 2.47. The molecule has 4 unspecified atom stereocenters. The van der Waals surface area contributed by atoms with Gasteiger partial charge in [0, 0.05) is 60.7 Å². The number of aliphatic hydroxyl groups excluding tert-OH is 4. The first-order valence-electron chi connectivity index (χ1n) is 35.1. The van der Waals surface area contributed by atoms with Crippen LogP contribution in [0.3, 0.4) is 0 Å². The Hall–Kier alpha value is -9.93. The number of para-hydroxylation sites is 1. The monoisotopic (exact) mass is 1590 g/mol. The fourth-order valence-electron chi connectivity index (χ4n) is 15.0. The zero-order valence-electron chi connectivity index (χ0n) is 60.1. The number of aliphatic hydroxyl groups is 4. The number of aromatic amines is 1. The van der Waals surface area contributed by atoms with E-state index < -0.39 is 124 Å². The van der Waals surface area contributed by atoms with E-state index in [0.717, 1.165) is 22.1 Å². The van der Waals surface area contributed by atoms with Gasteiger partial charge in [0.15, 0.2) is 104 Å². The molecule has 0 aliphatic carbocycles. The summed E-state index contributed by atoms with van der Waals surface area (Å²) in [5.74, 6) is -2.75. The lowest BCUT2D eigenvalue weighted by Gasteiger charge is -2.24. The fraction of sp³-hybridized carbons (Fsp3) is 0.470. The maximum atomic E-state index is 12.3. The molecule has 20 rings (SSSR count). The molecule has 44 nitrogen and oxygen atoms in total. The molecule has 19 heterocycles. The molecule has 7 saturated heterocycles. The number of hydrogen-bond donors (Lipinski definition) is 8. The van der Waals surface area contributed by atoms with Gasteiger partial charge < -0.3 is 78.5 Å². The van der Waals surface area contributed by atoms with Crippen molar-refractivity contribution in [3.8, 4) is 0 Å². The van der Waals surface area contributed by atoms with Gasteiger partial charge in [-0.25, -0.2) is 69.7 Å². The zero-order valence-corrected chi connectivity index (χ0v) is 61.8. The number of ether oxygens (including phenoxy) is 10. The molecule has 12 aromatic heterocycles. The first-order chi connectivity index (χ1) is 53.6. The number of amides is 1. The summed E-state index contributed by atoms with van der Waals surface area (Å²) in [6.45, 7) is 9.72. The van der Waals surface area contributed by atoms with E-state index in [2.05, 4.69) is 64.8 Å². The number of rotatable bonds is 16. The first-order valence-corrected chi connectivity index (χ1v) is 38.0. The number of anilines is 1. The van der Waals surface area contributed by atoms with Crippen LogP contribution in [0.1, 0.15) is 78.4 Å². The quantitative estimate of drug-likeness (QED) is 0.0641. The van der Waals surface area contributed by atoms with Crippen molar-refractivity contribution in [2.45, 2.75) is 170 Å². The number of H-pyrrole nitrogens is 1. The van der Waals surface area contributed by atoms with Crippen molar-refractivity contribution < 1.29 is 97.8 Å². The average Bonchev–Trinajstić information content (AvgIpc) is 1.64. The van der Waals surface area contributed by atoms with Crippen molar-refractivity contribution in [3.05, 3.63) is 124 Å². The maximum Gasteiger partial charge on any atom is 0.362 e. The lowest BCUT2D eigenvalue weighted by Crippen LogP contribution is -2.37. The number of aromatic nitrogens is 20. The molecule has 1 aromatic carbocycles. The number of imidazole rings is 7. The molecule has 7 aliphatic rings. The molecule has 7 fully saturated rings. The Morgan fingerprint density at radius 1 is 0.509 bits per heavy atom. The molecule has 46 heteroatoms. The summed E-state index contributed by atoms with van der Waals surface area (Å²) in [6, 6.07) is 7.58. The summed E-state index contributed by atoms with van der Waals surface area (Å²) in [4.78, 5) is 67.0. The van der Waals surface area contributed by atoms with E-state index in [0.29, 0.717) is 68.2 Å².